The summed E-state index contributed by atoms with van der Waals surface area (Å²) in [6.45, 7) is 2.37. The molecule has 21 heavy (non-hydrogen) atoms. The van der Waals surface area contributed by atoms with Crippen LogP contribution in [0.1, 0.15) is 11.3 Å². The summed E-state index contributed by atoms with van der Waals surface area (Å²) in [5.41, 5.74) is 3.01. The first-order valence-electron chi connectivity index (χ1n) is 6.54. The van der Waals surface area contributed by atoms with Crippen molar-refractivity contribution >= 4 is 11.3 Å². The van der Waals surface area contributed by atoms with Crippen molar-refractivity contribution in [2.24, 2.45) is 0 Å². The third-order valence-corrected chi connectivity index (χ3v) is 3.15. The molecule has 0 saturated heterocycles. The molecule has 0 unspecified atom stereocenters. The average molecular weight is 286 g/mol. The molecule has 0 bridgehead atoms. The Morgan fingerprint density at radius 2 is 2.19 bits per heavy atom. The van der Waals surface area contributed by atoms with Crippen LogP contribution in [0.15, 0.2) is 36.7 Å². The zero-order chi connectivity index (χ0) is 14.8. The van der Waals surface area contributed by atoms with E-state index in [0.717, 1.165) is 16.9 Å². The molecule has 108 valence electrons. The molecule has 5 nitrogen and oxygen atoms in total. The van der Waals surface area contributed by atoms with Gasteiger partial charge in [-0.05, 0) is 19.1 Å². The van der Waals surface area contributed by atoms with Crippen LogP contribution in [0.2, 0.25) is 0 Å². The van der Waals surface area contributed by atoms with Crippen molar-refractivity contribution in [3.8, 4) is 5.75 Å². The largest absolute Gasteiger partial charge is 0.497 e. The predicted octanol–water partition coefficient (Wildman–Crippen LogP) is 2.80. The molecular formula is C15H15FN4O. The standard InChI is InChI=1S/C15H15FN4O/c1-10-5-15-18-8-11(9-20(15)19-10)7-17-14-6-12(21-2)3-4-13(14)16/h3-6,8-9,17H,7H2,1-2H3. The second kappa shape index (κ2) is 5.40. The number of aromatic nitrogens is 3. The summed E-state index contributed by atoms with van der Waals surface area (Å²) < 4.78 is 20.5. The Bertz CT molecular complexity index is 784. The maximum atomic E-state index is 13.7. The molecule has 0 aliphatic rings. The second-order valence-corrected chi connectivity index (χ2v) is 4.75. The fourth-order valence-corrected chi connectivity index (χ4v) is 2.09. The van der Waals surface area contributed by atoms with Gasteiger partial charge in [0, 0.05) is 36.6 Å². The highest BCUT2D eigenvalue weighted by atomic mass is 19.1. The van der Waals surface area contributed by atoms with Gasteiger partial charge in [-0.3, -0.25) is 0 Å². The first-order chi connectivity index (χ1) is 10.2. The van der Waals surface area contributed by atoms with Gasteiger partial charge >= 0.3 is 0 Å². The molecule has 0 aliphatic heterocycles. The number of rotatable bonds is 4. The topological polar surface area (TPSA) is 51.5 Å². The van der Waals surface area contributed by atoms with E-state index in [1.165, 1.54) is 6.07 Å². The lowest BCUT2D eigenvalue weighted by atomic mass is 10.2. The number of hydrogen-bond donors (Lipinski definition) is 1. The summed E-state index contributed by atoms with van der Waals surface area (Å²) in [5, 5.41) is 7.35. The number of nitrogens with one attached hydrogen (secondary N) is 1. The molecule has 0 amide bonds. The molecule has 0 spiro atoms. The Morgan fingerprint density at radius 3 is 3.00 bits per heavy atom. The number of hydrogen-bond acceptors (Lipinski definition) is 4. The van der Waals surface area contributed by atoms with E-state index in [4.69, 9.17) is 4.74 Å². The van der Waals surface area contributed by atoms with Gasteiger partial charge < -0.3 is 10.1 Å². The van der Waals surface area contributed by atoms with Crippen LogP contribution in [0.4, 0.5) is 10.1 Å². The molecule has 2 heterocycles. The fraction of sp³-hybridized carbons (Fsp3) is 0.200. The van der Waals surface area contributed by atoms with Gasteiger partial charge in [-0.25, -0.2) is 13.9 Å². The van der Waals surface area contributed by atoms with Gasteiger partial charge in [-0.15, -0.1) is 0 Å². The zero-order valence-corrected chi connectivity index (χ0v) is 11.8. The summed E-state index contributed by atoms with van der Waals surface area (Å²) in [4.78, 5) is 4.31. The van der Waals surface area contributed by atoms with Crippen molar-refractivity contribution in [3.63, 3.8) is 0 Å². The van der Waals surface area contributed by atoms with Crippen molar-refractivity contribution in [3.05, 3.63) is 53.7 Å². The van der Waals surface area contributed by atoms with Crippen molar-refractivity contribution < 1.29 is 9.13 Å². The molecule has 2 aromatic heterocycles. The molecule has 0 atom stereocenters. The average Bonchev–Trinajstić information content (AvgIpc) is 2.85. The van der Waals surface area contributed by atoms with Crippen LogP contribution in [0.5, 0.6) is 5.75 Å². The minimum Gasteiger partial charge on any atom is -0.497 e. The number of halogens is 1. The van der Waals surface area contributed by atoms with Gasteiger partial charge in [0.05, 0.1) is 18.5 Å². The van der Waals surface area contributed by atoms with Crippen LogP contribution in [0.3, 0.4) is 0 Å². The number of ether oxygens (including phenoxy) is 1. The Balaban J connectivity index is 1.79. The molecule has 6 heteroatoms. The van der Waals surface area contributed by atoms with Crippen molar-refractivity contribution in [1.29, 1.82) is 0 Å². The molecule has 0 fully saturated rings. The zero-order valence-electron chi connectivity index (χ0n) is 11.8. The van der Waals surface area contributed by atoms with Crippen LogP contribution >= 0.6 is 0 Å². The number of benzene rings is 1. The Hall–Kier alpha value is -2.63. The number of nitrogens with zero attached hydrogens (tertiary/aromatic N) is 3. The quantitative estimate of drug-likeness (QED) is 0.801. The van der Waals surface area contributed by atoms with Crippen molar-refractivity contribution in [1.82, 2.24) is 14.6 Å². The lowest BCUT2D eigenvalue weighted by Gasteiger charge is -2.09. The molecule has 0 radical (unpaired) electrons. The van der Waals surface area contributed by atoms with Gasteiger partial charge in [-0.2, -0.15) is 5.10 Å². The molecule has 3 rings (SSSR count). The van der Waals surface area contributed by atoms with E-state index < -0.39 is 0 Å². The normalized spacial score (nSPS) is 10.8. The van der Waals surface area contributed by atoms with Gasteiger partial charge in [0.1, 0.15) is 11.6 Å². The van der Waals surface area contributed by atoms with Crippen LogP contribution in [-0.2, 0) is 6.54 Å². The van der Waals surface area contributed by atoms with Crippen LogP contribution in [0.25, 0.3) is 5.65 Å². The third-order valence-electron chi connectivity index (χ3n) is 3.15. The molecule has 0 saturated carbocycles. The second-order valence-electron chi connectivity index (χ2n) is 4.75. The monoisotopic (exact) mass is 286 g/mol. The first-order valence-corrected chi connectivity index (χ1v) is 6.54. The van der Waals surface area contributed by atoms with E-state index in [-0.39, 0.29) is 5.82 Å². The predicted molar refractivity (Wildman–Crippen MR) is 78.0 cm³/mol. The Labute approximate surface area is 121 Å². The summed E-state index contributed by atoms with van der Waals surface area (Å²) in [7, 11) is 1.55. The summed E-state index contributed by atoms with van der Waals surface area (Å²) in [6.07, 6.45) is 3.63. The fourth-order valence-electron chi connectivity index (χ4n) is 2.09. The lowest BCUT2D eigenvalue weighted by molar-refractivity contribution is 0.414. The number of methoxy groups -OCH3 is 1. The van der Waals surface area contributed by atoms with E-state index in [0.29, 0.717) is 18.0 Å². The highest BCUT2D eigenvalue weighted by Crippen LogP contribution is 2.21. The maximum Gasteiger partial charge on any atom is 0.155 e. The smallest absolute Gasteiger partial charge is 0.155 e. The minimum absolute atomic E-state index is 0.320. The van der Waals surface area contributed by atoms with E-state index in [9.17, 15) is 4.39 Å². The SMILES string of the molecule is COc1ccc(F)c(NCc2cnc3cc(C)nn3c2)c1. The van der Waals surface area contributed by atoms with E-state index in [1.807, 2.05) is 19.2 Å². The van der Waals surface area contributed by atoms with E-state index in [2.05, 4.69) is 15.4 Å². The van der Waals surface area contributed by atoms with E-state index >= 15 is 0 Å². The molecule has 1 N–H and O–H groups in total. The van der Waals surface area contributed by atoms with Crippen molar-refractivity contribution in [2.45, 2.75) is 13.5 Å². The summed E-state index contributed by atoms with van der Waals surface area (Å²) in [5.74, 6) is 0.287. The van der Waals surface area contributed by atoms with Crippen LogP contribution in [-0.4, -0.2) is 21.7 Å². The van der Waals surface area contributed by atoms with Crippen LogP contribution in [0, 0.1) is 12.7 Å². The molecule has 3 aromatic rings. The third kappa shape index (κ3) is 2.79. The number of fused-ring (bicyclic) bond motifs is 1. The van der Waals surface area contributed by atoms with E-state index in [1.54, 1.807) is 30.0 Å². The van der Waals surface area contributed by atoms with Gasteiger partial charge in [0.25, 0.3) is 0 Å². The molecular weight excluding hydrogens is 271 g/mol. The first kappa shape index (κ1) is 13.4. The molecule has 1 aromatic carbocycles. The molecule has 0 aliphatic carbocycles. The maximum absolute atomic E-state index is 13.7. The Morgan fingerprint density at radius 1 is 1.33 bits per heavy atom. The van der Waals surface area contributed by atoms with Crippen LogP contribution < -0.4 is 10.1 Å². The summed E-state index contributed by atoms with van der Waals surface area (Å²) >= 11 is 0. The van der Waals surface area contributed by atoms with Gasteiger partial charge in [0.2, 0.25) is 0 Å². The summed E-state index contributed by atoms with van der Waals surface area (Å²) in [6, 6.07) is 6.48. The Kier molecular flexibility index (Phi) is 3.43. The van der Waals surface area contributed by atoms with Gasteiger partial charge in [0.15, 0.2) is 5.65 Å². The minimum atomic E-state index is -0.320. The highest BCUT2D eigenvalue weighted by Gasteiger charge is 2.05. The lowest BCUT2D eigenvalue weighted by Crippen LogP contribution is -2.04. The number of aryl methyl sites for hydroxylation is 1. The van der Waals surface area contributed by atoms with Gasteiger partial charge in [-0.1, -0.05) is 0 Å². The number of anilines is 1. The van der Waals surface area contributed by atoms with Crippen molar-refractivity contribution in [2.75, 3.05) is 12.4 Å². The highest BCUT2D eigenvalue weighted by molar-refractivity contribution is 5.50.